The summed E-state index contributed by atoms with van der Waals surface area (Å²) in [6.07, 6.45) is 0. The Labute approximate surface area is 187 Å². The second kappa shape index (κ2) is 8.31. The van der Waals surface area contributed by atoms with Gasteiger partial charge in [0.15, 0.2) is 11.5 Å². The molecule has 0 atom stereocenters. The molecule has 0 fully saturated rings. The highest BCUT2D eigenvalue weighted by Crippen LogP contribution is 2.38. The van der Waals surface area contributed by atoms with E-state index in [0.29, 0.717) is 33.3 Å². The monoisotopic (exact) mass is 452 g/mol. The second-order valence-corrected chi connectivity index (χ2v) is 8.06. The molecule has 2 aromatic heterocycles. The van der Waals surface area contributed by atoms with Crippen LogP contribution in [0.2, 0.25) is 0 Å². The van der Waals surface area contributed by atoms with Crippen LogP contribution in [0.3, 0.4) is 0 Å². The van der Waals surface area contributed by atoms with Crippen LogP contribution in [0, 0.1) is 17.0 Å². The van der Waals surface area contributed by atoms with Crippen LogP contribution in [0.25, 0.3) is 21.5 Å². The van der Waals surface area contributed by atoms with Crippen molar-refractivity contribution in [3.63, 3.8) is 0 Å². The minimum absolute atomic E-state index is 0.0425. The number of hydrogen-bond acceptors (Lipinski definition) is 7. The van der Waals surface area contributed by atoms with Crippen molar-refractivity contribution < 1.29 is 19.2 Å². The van der Waals surface area contributed by atoms with Gasteiger partial charge >= 0.3 is 0 Å². The highest BCUT2D eigenvalue weighted by Gasteiger charge is 2.21. The first-order chi connectivity index (χ1) is 15.3. The number of aromatic nitrogens is 2. The van der Waals surface area contributed by atoms with E-state index in [0.717, 1.165) is 15.8 Å². The van der Waals surface area contributed by atoms with Crippen molar-refractivity contribution in [3.05, 3.63) is 63.0 Å². The Morgan fingerprint density at radius 1 is 1.16 bits per heavy atom. The number of anilines is 1. The van der Waals surface area contributed by atoms with Crippen LogP contribution in [0.1, 0.15) is 15.2 Å². The number of amides is 1. The van der Waals surface area contributed by atoms with Crippen molar-refractivity contribution in [1.29, 1.82) is 0 Å². The van der Waals surface area contributed by atoms with E-state index in [-0.39, 0.29) is 11.6 Å². The minimum Gasteiger partial charge on any atom is -0.493 e. The molecule has 0 aliphatic heterocycles. The number of nitrogens with zero attached hydrogens (tertiary/aromatic N) is 3. The fourth-order valence-electron chi connectivity index (χ4n) is 3.49. The van der Waals surface area contributed by atoms with Gasteiger partial charge in [0.25, 0.3) is 11.6 Å². The van der Waals surface area contributed by atoms with Crippen LogP contribution in [-0.4, -0.2) is 34.8 Å². The van der Waals surface area contributed by atoms with Crippen molar-refractivity contribution in [2.24, 2.45) is 7.05 Å². The van der Waals surface area contributed by atoms with Gasteiger partial charge in [-0.1, -0.05) is 6.07 Å². The van der Waals surface area contributed by atoms with Crippen molar-refractivity contribution in [2.45, 2.75) is 6.92 Å². The molecule has 0 saturated carbocycles. The molecule has 4 aromatic rings. The van der Waals surface area contributed by atoms with E-state index >= 15 is 0 Å². The van der Waals surface area contributed by atoms with E-state index in [9.17, 15) is 14.9 Å². The molecule has 0 aliphatic rings. The van der Waals surface area contributed by atoms with Gasteiger partial charge in [-0.05, 0) is 37.3 Å². The number of benzene rings is 2. The molecule has 1 amide bonds. The lowest BCUT2D eigenvalue weighted by atomic mass is 10.1. The fourth-order valence-corrected chi connectivity index (χ4v) is 4.46. The summed E-state index contributed by atoms with van der Waals surface area (Å²) in [7, 11) is 4.96. The summed E-state index contributed by atoms with van der Waals surface area (Å²) >= 11 is 1.30. The Bertz CT molecular complexity index is 1360. The lowest BCUT2D eigenvalue weighted by molar-refractivity contribution is -0.385. The molecule has 2 aromatic carbocycles. The average molecular weight is 452 g/mol. The lowest BCUT2D eigenvalue weighted by Gasteiger charge is -2.08. The summed E-state index contributed by atoms with van der Waals surface area (Å²) in [5, 5.41) is 19.4. The molecular formula is C22H20N4O5S. The largest absolute Gasteiger partial charge is 0.493 e. The smallest absolute Gasteiger partial charge is 0.274 e. The zero-order valence-electron chi connectivity index (χ0n) is 17.8. The van der Waals surface area contributed by atoms with Gasteiger partial charge in [-0.2, -0.15) is 5.10 Å². The third-order valence-electron chi connectivity index (χ3n) is 5.14. The van der Waals surface area contributed by atoms with E-state index in [1.165, 1.54) is 17.4 Å². The zero-order chi connectivity index (χ0) is 23.0. The molecule has 10 heteroatoms. The normalized spacial score (nSPS) is 10.9. The number of carbonyl (C=O) groups is 1. The summed E-state index contributed by atoms with van der Waals surface area (Å²) < 4.78 is 12.4. The number of fused-ring (bicyclic) bond motifs is 1. The van der Waals surface area contributed by atoms with Gasteiger partial charge in [-0.25, -0.2) is 0 Å². The first-order valence-corrected chi connectivity index (χ1v) is 10.4. The average Bonchev–Trinajstić information content (AvgIpc) is 3.35. The fraction of sp³-hybridized carbons (Fsp3) is 0.182. The maximum Gasteiger partial charge on any atom is 0.274 e. The highest BCUT2D eigenvalue weighted by molar-refractivity contribution is 7.20. The van der Waals surface area contributed by atoms with E-state index < -0.39 is 4.92 Å². The van der Waals surface area contributed by atoms with Crippen LogP contribution in [-0.2, 0) is 7.05 Å². The minimum atomic E-state index is -0.467. The van der Waals surface area contributed by atoms with Gasteiger partial charge in [-0.15, -0.1) is 11.3 Å². The maximum absolute atomic E-state index is 12.9. The van der Waals surface area contributed by atoms with Gasteiger partial charge in [-0.3, -0.25) is 19.6 Å². The molecule has 1 N–H and O–H groups in total. The molecule has 2 heterocycles. The van der Waals surface area contributed by atoms with E-state index in [2.05, 4.69) is 10.4 Å². The Balaban J connectivity index is 1.70. The number of hydrogen-bond donors (Lipinski definition) is 1. The van der Waals surface area contributed by atoms with Crippen LogP contribution in [0.15, 0.2) is 42.5 Å². The summed E-state index contributed by atoms with van der Waals surface area (Å²) in [5.74, 6) is 0.854. The van der Waals surface area contributed by atoms with Gasteiger partial charge in [0.05, 0.1) is 35.3 Å². The van der Waals surface area contributed by atoms with Crippen molar-refractivity contribution in [2.75, 3.05) is 19.5 Å². The van der Waals surface area contributed by atoms with Crippen molar-refractivity contribution in [3.8, 4) is 22.8 Å². The van der Waals surface area contributed by atoms with Crippen molar-refractivity contribution >= 4 is 38.8 Å². The number of thiophene rings is 1. The lowest BCUT2D eigenvalue weighted by Crippen LogP contribution is -2.11. The number of aryl methyl sites for hydroxylation is 1. The quantitative estimate of drug-likeness (QED) is 0.333. The SMILES string of the molecule is COc1ccc(-c2nn(C)c3sc(C(=O)Nc4cccc([N+](=O)[O-])c4C)cc23)cc1OC. The number of rotatable bonds is 6. The summed E-state index contributed by atoms with van der Waals surface area (Å²) in [5.41, 5.74) is 2.30. The zero-order valence-corrected chi connectivity index (χ0v) is 18.6. The summed E-state index contributed by atoms with van der Waals surface area (Å²) in [6, 6.07) is 11.9. The summed E-state index contributed by atoms with van der Waals surface area (Å²) in [6.45, 7) is 1.61. The molecule has 164 valence electrons. The van der Waals surface area contributed by atoms with E-state index in [1.54, 1.807) is 50.1 Å². The van der Waals surface area contributed by atoms with Gasteiger partial charge < -0.3 is 14.8 Å². The molecule has 0 spiro atoms. The van der Waals surface area contributed by atoms with Gasteiger partial charge in [0.2, 0.25) is 0 Å². The molecule has 4 rings (SSSR count). The Morgan fingerprint density at radius 3 is 2.59 bits per heavy atom. The van der Waals surface area contributed by atoms with E-state index in [1.807, 2.05) is 19.2 Å². The summed E-state index contributed by atoms with van der Waals surface area (Å²) in [4.78, 5) is 24.9. The molecule has 0 bridgehead atoms. The standard InChI is InChI=1S/C22H20N4O5S/c1-12-15(6-5-7-16(12)26(28)29)23-21(27)19-11-14-20(24-25(2)22(14)32-19)13-8-9-17(30-3)18(10-13)31-4/h5-11H,1-4H3,(H,23,27). The number of ether oxygens (including phenoxy) is 2. The first kappa shape index (κ1) is 21.3. The predicted molar refractivity (Wildman–Crippen MR) is 123 cm³/mol. The highest BCUT2D eigenvalue weighted by atomic mass is 32.1. The van der Waals surface area contributed by atoms with Crippen LogP contribution < -0.4 is 14.8 Å². The number of methoxy groups -OCH3 is 2. The number of nitro groups is 1. The van der Waals surface area contributed by atoms with Gasteiger partial charge in [0.1, 0.15) is 10.5 Å². The number of nitrogens with one attached hydrogen (secondary N) is 1. The van der Waals surface area contributed by atoms with Gasteiger partial charge in [0, 0.05) is 24.1 Å². The van der Waals surface area contributed by atoms with Crippen molar-refractivity contribution in [1.82, 2.24) is 9.78 Å². The van der Waals surface area contributed by atoms with Crippen LogP contribution >= 0.6 is 11.3 Å². The predicted octanol–water partition coefficient (Wildman–Crippen LogP) is 4.79. The maximum atomic E-state index is 12.9. The third kappa shape index (κ3) is 3.65. The molecule has 0 saturated heterocycles. The molecule has 0 radical (unpaired) electrons. The molecule has 0 aliphatic carbocycles. The first-order valence-electron chi connectivity index (χ1n) is 9.58. The number of carbonyl (C=O) groups excluding carboxylic acids is 1. The molecular weight excluding hydrogens is 432 g/mol. The topological polar surface area (TPSA) is 109 Å². The molecule has 9 nitrogen and oxygen atoms in total. The Hall–Kier alpha value is -3.92. The second-order valence-electron chi connectivity index (χ2n) is 7.03. The molecule has 0 unspecified atom stereocenters. The Kier molecular flexibility index (Phi) is 5.54. The number of nitro benzene ring substituents is 1. The third-order valence-corrected chi connectivity index (χ3v) is 6.34. The van der Waals surface area contributed by atoms with Crippen LogP contribution in [0.5, 0.6) is 11.5 Å². The van der Waals surface area contributed by atoms with Crippen LogP contribution in [0.4, 0.5) is 11.4 Å². The molecule has 32 heavy (non-hydrogen) atoms. The Morgan fingerprint density at radius 2 is 1.91 bits per heavy atom. The van der Waals surface area contributed by atoms with E-state index in [4.69, 9.17) is 9.47 Å².